The number of nitrogens with one attached hydrogen (secondary N) is 1. The van der Waals surface area contributed by atoms with Crippen molar-refractivity contribution in [1.29, 1.82) is 0 Å². The van der Waals surface area contributed by atoms with Crippen molar-refractivity contribution in [3.05, 3.63) is 71.7 Å². The Balaban J connectivity index is 1.95. The predicted octanol–water partition coefficient (Wildman–Crippen LogP) is 6.45. The molecule has 2 aromatic carbocycles. The highest BCUT2D eigenvalue weighted by Crippen LogP contribution is 2.39. The van der Waals surface area contributed by atoms with Gasteiger partial charge in [-0.05, 0) is 67.5 Å². The highest BCUT2D eigenvalue weighted by Gasteiger charge is 2.25. The number of hydrogen-bond donors (Lipinski definition) is 1. The molecule has 162 valence electrons. The first-order valence-electron chi connectivity index (χ1n) is 9.41. The number of carbonyl (C=O) groups excluding carboxylic acids is 1. The highest BCUT2D eigenvalue weighted by atomic mass is 32.2. The number of halogens is 1. The van der Waals surface area contributed by atoms with Gasteiger partial charge in [-0.2, -0.15) is 0 Å². The van der Waals surface area contributed by atoms with E-state index in [2.05, 4.69) is 10.3 Å². The van der Waals surface area contributed by atoms with Crippen molar-refractivity contribution in [3.63, 3.8) is 0 Å². The summed E-state index contributed by atoms with van der Waals surface area (Å²) in [7, 11) is 1.61. The number of rotatable bonds is 8. The molecule has 4 nitrogen and oxygen atoms in total. The minimum Gasteiger partial charge on any atom is -0.497 e. The molecule has 1 unspecified atom stereocenters. The topological polar surface area (TPSA) is 51.2 Å². The van der Waals surface area contributed by atoms with Crippen LogP contribution in [0.15, 0.2) is 69.4 Å². The van der Waals surface area contributed by atoms with Gasteiger partial charge >= 0.3 is 0 Å². The van der Waals surface area contributed by atoms with E-state index in [0.717, 1.165) is 31.8 Å². The van der Waals surface area contributed by atoms with Crippen LogP contribution in [0.1, 0.15) is 16.5 Å². The van der Waals surface area contributed by atoms with Crippen LogP contribution < -0.4 is 10.1 Å². The molecule has 0 spiro atoms. The monoisotopic (exact) mass is 474 g/mol. The molecule has 8 heteroatoms. The summed E-state index contributed by atoms with van der Waals surface area (Å²) in [5, 5.41) is 3.28. The normalized spacial score (nSPS) is 11.8. The Bertz CT molecular complexity index is 1020. The Morgan fingerprint density at radius 1 is 1.06 bits per heavy atom. The molecule has 0 aliphatic carbocycles. The first-order chi connectivity index (χ1) is 14.9. The summed E-state index contributed by atoms with van der Waals surface area (Å²) >= 11 is 4.45. The van der Waals surface area contributed by atoms with E-state index >= 15 is 0 Å². The average molecular weight is 475 g/mol. The zero-order valence-corrected chi connectivity index (χ0v) is 20.1. The molecule has 0 fully saturated rings. The number of aryl methyl sites for hydroxylation is 1. The smallest absolute Gasteiger partial charge is 0.242 e. The van der Waals surface area contributed by atoms with E-state index in [1.54, 1.807) is 31.0 Å². The van der Waals surface area contributed by atoms with Gasteiger partial charge in [0, 0.05) is 15.5 Å². The molecule has 3 rings (SSSR count). The Morgan fingerprint density at radius 2 is 1.74 bits per heavy atom. The number of thioether (sulfide) groups is 3. The summed E-state index contributed by atoms with van der Waals surface area (Å²) in [4.78, 5) is 19.9. The quantitative estimate of drug-likeness (QED) is 0.379. The van der Waals surface area contributed by atoms with Crippen LogP contribution in [0.4, 0.5) is 10.1 Å². The van der Waals surface area contributed by atoms with Crippen molar-refractivity contribution in [1.82, 2.24) is 4.98 Å². The Morgan fingerprint density at radius 3 is 2.32 bits per heavy atom. The second-order valence-corrected chi connectivity index (χ2v) is 9.39. The van der Waals surface area contributed by atoms with Crippen LogP contribution >= 0.6 is 35.3 Å². The summed E-state index contributed by atoms with van der Waals surface area (Å²) < 4.78 is 18.7. The van der Waals surface area contributed by atoms with Crippen molar-refractivity contribution in [2.24, 2.45) is 0 Å². The van der Waals surface area contributed by atoms with Crippen LogP contribution in [-0.4, -0.2) is 30.5 Å². The number of aromatic nitrogens is 1. The average Bonchev–Trinajstić information content (AvgIpc) is 2.79. The van der Waals surface area contributed by atoms with E-state index in [4.69, 9.17) is 4.74 Å². The molecular weight excluding hydrogens is 451 g/mol. The molecule has 0 radical (unpaired) electrons. The third kappa shape index (κ3) is 5.96. The third-order valence-electron chi connectivity index (χ3n) is 4.46. The number of ether oxygens (including phenoxy) is 1. The first kappa shape index (κ1) is 23.5. The summed E-state index contributed by atoms with van der Waals surface area (Å²) in [6.07, 6.45) is 3.91. The van der Waals surface area contributed by atoms with Gasteiger partial charge in [-0.15, -0.1) is 35.3 Å². The minimum absolute atomic E-state index is 0.191. The maximum atomic E-state index is 13.5. The van der Waals surface area contributed by atoms with Crippen LogP contribution in [0.2, 0.25) is 0 Å². The van der Waals surface area contributed by atoms with Crippen LogP contribution in [0, 0.1) is 12.7 Å². The maximum Gasteiger partial charge on any atom is 0.242 e. The zero-order chi connectivity index (χ0) is 22.4. The molecule has 3 aromatic rings. The van der Waals surface area contributed by atoms with Gasteiger partial charge in [-0.1, -0.05) is 12.1 Å². The second kappa shape index (κ2) is 10.9. The number of methoxy groups -OCH3 is 1. The Labute approximate surface area is 194 Å². The van der Waals surface area contributed by atoms with Crippen LogP contribution in [0.25, 0.3) is 0 Å². The fourth-order valence-electron chi connectivity index (χ4n) is 2.93. The molecule has 1 amide bonds. The van der Waals surface area contributed by atoms with Gasteiger partial charge < -0.3 is 10.1 Å². The molecule has 0 bridgehead atoms. The van der Waals surface area contributed by atoms with E-state index in [-0.39, 0.29) is 11.7 Å². The van der Waals surface area contributed by atoms with Crippen molar-refractivity contribution >= 4 is 46.9 Å². The minimum atomic E-state index is -0.570. The summed E-state index contributed by atoms with van der Waals surface area (Å²) in [6.45, 7) is 1.94. The van der Waals surface area contributed by atoms with Crippen LogP contribution in [-0.2, 0) is 4.79 Å². The van der Waals surface area contributed by atoms with Crippen LogP contribution in [0.5, 0.6) is 5.75 Å². The predicted molar refractivity (Wildman–Crippen MR) is 129 cm³/mol. The van der Waals surface area contributed by atoms with Gasteiger partial charge in [0.25, 0.3) is 0 Å². The number of benzene rings is 2. The van der Waals surface area contributed by atoms with Gasteiger partial charge in [0.05, 0.1) is 12.8 Å². The van der Waals surface area contributed by atoms with Crippen molar-refractivity contribution < 1.29 is 13.9 Å². The number of amides is 1. The number of carbonyl (C=O) groups is 1. The lowest BCUT2D eigenvalue weighted by Gasteiger charge is -2.20. The van der Waals surface area contributed by atoms with Crippen LogP contribution in [0.3, 0.4) is 0 Å². The van der Waals surface area contributed by atoms with Gasteiger partial charge in [-0.3, -0.25) is 4.79 Å². The fourth-order valence-corrected chi connectivity index (χ4v) is 5.26. The van der Waals surface area contributed by atoms with Gasteiger partial charge in [-0.25, -0.2) is 9.37 Å². The number of pyridine rings is 1. The molecule has 31 heavy (non-hydrogen) atoms. The van der Waals surface area contributed by atoms with E-state index in [1.807, 2.05) is 49.8 Å². The molecular formula is C23H23FN2O2S3. The molecule has 0 saturated heterocycles. The Hall–Kier alpha value is -2.16. The highest BCUT2D eigenvalue weighted by molar-refractivity contribution is 8.00. The standard InChI is InChI=1S/C23H23FN2O2S3/c1-14-13-19(29-3)20(23(25-14)30-4)26-22(27)21(15-5-7-16(24)8-6-15)31-18-11-9-17(28-2)10-12-18/h5-13,21H,1-4H3,(H,26,27). The lowest BCUT2D eigenvalue weighted by molar-refractivity contribution is -0.115. The summed E-state index contributed by atoms with van der Waals surface area (Å²) in [5.74, 6) is 0.213. The molecule has 0 saturated carbocycles. The molecule has 1 N–H and O–H groups in total. The zero-order valence-electron chi connectivity index (χ0n) is 17.6. The fraction of sp³-hybridized carbons (Fsp3) is 0.217. The SMILES string of the molecule is COc1ccc(SC(C(=O)Nc2c(SC)cc(C)nc2SC)c2ccc(F)cc2)cc1. The van der Waals surface area contributed by atoms with E-state index in [0.29, 0.717) is 5.69 Å². The second-order valence-electron chi connectivity index (χ2n) is 6.56. The van der Waals surface area contributed by atoms with E-state index < -0.39 is 5.25 Å². The van der Waals surface area contributed by atoms with Crippen molar-refractivity contribution in [2.45, 2.75) is 27.0 Å². The lowest BCUT2D eigenvalue weighted by atomic mass is 10.1. The maximum absolute atomic E-state index is 13.5. The van der Waals surface area contributed by atoms with Gasteiger partial charge in [0.15, 0.2) is 0 Å². The van der Waals surface area contributed by atoms with Gasteiger partial charge in [0.2, 0.25) is 5.91 Å². The number of hydrogen-bond acceptors (Lipinski definition) is 6. The van der Waals surface area contributed by atoms with E-state index in [1.165, 1.54) is 35.7 Å². The third-order valence-corrected chi connectivity index (χ3v) is 7.17. The van der Waals surface area contributed by atoms with Crippen molar-refractivity contribution in [3.8, 4) is 5.75 Å². The molecule has 0 aliphatic heterocycles. The van der Waals surface area contributed by atoms with E-state index in [9.17, 15) is 9.18 Å². The first-order valence-corrected chi connectivity index (χ1v) is 12.7. The summed E-state index contributed by atoms with van der Waals surface area (Å²) in [5.41, 5.74) is 2.32. The summed E-state index contributed by atoms with van der Waals surface area (Å²) in [6, 6.07) is 15.5. The molecule has 1 atom stereocenters. The largest absolute Gasteiger partial charge is 0.497 e. The van der Waals surface area contributed by atoms with Crippen molar-refractivity contribution in [2.75, 3.05) is 24.9 Å². The van der Waals surface area contributed by atoms with Gasteiger partial charge in [0.1, 0.15) is 21.8 Å². The number of nitrogens with zero attached hydrogens (tertiary/aromatic N) is 1. The lowest BCUT2D eigenvalue weighted by Crippen LogP contribution is -2.20. The molecule has 1 aromatic heterocycles. The molecule has 1 heterocycles. The number of anilines is 1. The molecule has 0 aliphatic rings. The Kier molecular flexibility index (Phi) is 8.28.